The summed E-state index contributed by atoms with van der Waals surface area (Å²) in [4.78, 5) is 24.7. The molecule has 0 radical (unpaired) electrons. The second-order valence-electron chi connectivity index (χ2n) is 3.74. The Morgan fingerprint density at radius 3 is 2.78 bits per heavy atom. The first-order chi connectivity index (χ1) is 8.70. The van der Waals surface area contributed by atoms with E-state index in [0.29, 0.717) is 6.42 Å². The van der Waals surface area contributed by atoms with E-state index in [-0.39, 0.29) is 0 Å². The van der Waals surface area contributed by atoms with Gasteiger partial charge in [0.1, 0.15) is 0 Å². The molecule has 1 aromatic carbocycles. The van der Waals surface area contributed by atoms with E-state index < -0.39 is 11.2 Å². The minimum Gasteiger partial charge on any atom is -0.290 e. The molecule has 2 aromatic rings. The largest absolute Gasteiger partial charge is 0.347 e. The molecule has 0 aliphatic rings. The van der Waals surface area contributed by atoms with Crippen LogP contribution >= 0.6 is 0 Å². The van der Waals surface area contributed by atoms with E-state index in [1.54, 1.807) is 6.08 Å². The van der Waals surface area contributed by atoms with Crippen LogP contribution in [0, 0.1) is 0 Å². The van der Waals surface area contributed by atoms with Crippen molar-refractivity contribution < 1.29 is 0 Å². The van der Waals surface area contributed by atoms with Crippen molar-refractivity contribution in [2.45, 2.75) is 6.42 Å². The zero-order valence-electron chi connectivity index (χ0n) is 9.72. The number of nitrogens with zero attached hydrogens (tertiary/aromatic N) is 1. The number of benzene rings is 1. The van der Waals surface area contributed by atoms with Gasteiger partial charge in [-0.1, -0.05) is 24.3 Å². The van der Waals surface area contributed by atoms with Crippen LogP contribution in [0.4, 0.5) is 5.69 Å². The van der Waals surface area contributed by atoms with E-state index in [1.807, 2.05) is 24.3 Å². The highest BCUT2D eigenvalue weighted by atomic mass is 16.2. The molecule has 0 amide bonds. The molecule has 0 spiro atoms. The molecule has 0 bridgehead atoms. The van der Waals surface area contributed by atoms with Crippen LogP contribution in [0.3, 0.4) is 0 Å². The number of H-pyrrole nitrogens is 1. The van der Waals surface area contributed by atoms with E-state index in [4.69, 9.17) is 0 Å². The molecule has 5 heteroatoms. The van der Waals surface area contributed by atoms with Crippen molar-refractivity contribution in [2.24, 2.45) is 0 Å². The number of rotatable bonds is 4. The molecule has 5 nitrogen and oxygen atoms in total. The van der Waals surface area contributed by atoms with Gasteiger partial charge in [-0.25, -0.2) is 9.47 Å². The number of hydrogen-bond donors (Lipinski definition) is 2. The number of aromatic nitrogens is 2. The Labute approximate surface area is 103 Å². The lowest BCUT2D eigenvalue weighted by molar-refractivity contribution is 0.829. The van der Waals surface area contributed by atoms with E-state index >= 15 is 0 Å². The third-order valence-corrected chi connectivity index (χ3v) is 2.45. The number of anilines is 1. The number of aromatic amines is 1. The zero-order chi connectivity index (χ0) is 13.0. The lowest BCUT2D eigenvalue weighted by Crippen LogP contribution is -2.32. The second-order valence-corrected chi connectivity index (χ2v) is 3.74. The molecule has 0 aliphatic heterocycles. The molecule has 0 atom stereocenters. The molecule has 92 valence electrons. The average Bonchev–Trinajstić information content (AvgIpc) is 2.35. The SMILES string of the molecule is C=CCc1ccccc1Nn1ccc(=O)[nH]c1=O. The molecule has 0 unspecified atom stereocenters. The van der Waals surface area contributed by atoms with Crippen molar-refractivity contribution in [3.05, 3.63) is 75.6 Å². The highest BCUT2D eigenvalue weighted by Crippen LogP contribution is 2.15. The summed E-state index contributed by atoms with van der Waals surface area (Å²) in [5, 5.41) is 0. The molecule has 0 aliphatic carbocycles. The monoisotopic (exact) mass is 243 g/mol. The van der Waals surface area contributed by atoms with Crippen molar-refractivity contribution in [1.29, 1.82) is 0 Å². The summed E-state index contributed by atoms with van der Waals surface area (Å²) >= 11 is 0. The smallest absolute Gasteiger partial charge is 0.290 e. The highest BCUT2D eigenvalue weighted by molar-refractivity contribution is 5.51. The van der Waals surface area contributed by atoms with Crippen LogP contribution < -0.4 is 16.7 Å². The van der Waals surface area contributed by atoms with Gasteiger partial charge < -0.3 is 0 Å². The van der Waals surface area contributed by atoms with Gasteiger partial charge in [0.2, 0.25) is 0 Å². The van der Waals surface area contributed by atoms with Gasteiger partial charge in [0.05, 0.1) is 5.69 Å². The summed E-state index contributed by atoms with van der Waals surface area (Å²) in [6.45, 7) is 3.69. The molecular formula is C13H13N3O2. The van der Waals surface area contributed by atoms with Gasteiger partial charge in [-0.3, -0.25) is 15.2 Å². The first-order valence-corrected chi connectivity index (χ1v) is 5.48. The fraction of sp³-hybridized carbons (Fsp3) is 0.0769. The fourth-order valence-corrected chi connectivity index (χ4v) is 1.60. The topological polar surface area (TPSA) is 66.9 Å². The molecular weight excluding hydrogens is 230 g/mol. The summed E-state index contributed by atoms with van der Waals surface area (Å²) in [7, 11) is 0. The maximum Gasteiger partial charge on any atom is 0.347 e. The Balaban J connectivity index is 2.36. The maximum atomic E-state index is 11.5. The molecule has 2 rings (SSSR count). The third kappa shape index (κ3) is 2.57. The van der Waals surface area contributed by atoms with Crippen LogP contribution in [0.5, 0.6) is 0 Å². The Bertz CT molecular complexity index is 670. The van der Waals surface area contributed by atoms with Crippen LogP contribution in [0.15, 0.2) is 58.8 Å². The quantitative estimate of drug-likeness (QED) is 0.791. The first-order valence-electron chi connectivity index (χ1n) is 5.48. The van der Waals surface area contributed by atoms with Crippen LogP contribution in [-0.4, -0.2) is 9.66 Å². The number of allylic oxidation sites excluding steroid dienone is 1. The first kappa shape index (κ1) is 11.9. The zero-order valence-corrected chi connectivity index (χ0v) is 9.72. The van der Waals surface area contributed by atoms with Crippen LogP contribution in [-0.2, 0) is 6.42 Å². The van der Waals surface area contributed by atoms with Crippen molar-refractivity contribution in [1.82, 2.24) is 9.66 Å². The van der Waals surface area contributed by atoms with Crippen LogP contribution in [0.1, 0.15) is 5.56 Å². The molecule has 1 heterocycles. The fourth-order valence-electron chi connectivity index (χ4n) is 1.60. The van der Waals surface area contributed by atoms with Crippen molar-refractivity contribution in [2.75, 3.05) is 5.43 Å². The Morgan fingerprint density at radius 1 is 1.28 bits per heavy atom. The summed E-state index contributed by atoms with van der Waals surface area (Å²) in [6.07, 6.45) is 3.88. The van der Waals surface area contributed by atoms with Gasteiger partial charge in [-0.05, 0) is 18.1 Å². The molecule has 1 aromatic heterocycles. The summed E-state index contributed by atoms with van der Waals surface area (Å²) < 4.78 is 1.23. The van der Waals surface area contributed by atoms with Gasteiger partial charge in [0.15, 0.2) is 0 Å². The predicted octanol–water partition coefficient (Wildman–Crippen LogP) is 1.14. The average molecular weight is 243 g/mol. The van der Waals surface area contributed by atoms with Gasteiger partial charge in [0, 0.05) is 12.3 Å². The lowest BCUT2D eigenvalue weighted by atomic mass is 10.1. The highest BCUT2D eigenvalue weighted by Gasteiger charge is 2.01. The molecule has 0 saturated carbocycles. The standard InChI is InChI=1S/C13H13N3O2/c1-2-5-10-6-3-4-7-11(10)15-16-9-8-12(17)14-13(16)18/h2-4,6-9,15H,1,5H2,(H,14,17,18). The van der Waals surface area contributed by atoms with E-state index in [0.717, 1.165) is 11.3 Å². The summed E-state index contributed by atoms with van der Waals surface area (Å²) in [5.41, 5.74) is 3.83. The van der Waals surface area contributed by atoms with Crippen LogP contribution in [0.25, 0.3) is 0 Å². The summed E-state index contributed by atoms with van der Waals surface area (Å²) in [5.74, 6) is 0. The number of nitrogens with one attached hydrogen (secondary N) is 2. The molecule has 2 N–H and O–H groups in total. The van der Waals surface area contributed by atoms with Gasteiger partial charge >= 0.3 is 5.69 Å². The minimum absolute atomic E-state index is 0.419. The van der Waals surface area contributed by atoms with Gasteiger partial charge in [-0.2, -0.15) is 0 Å². The Kier molecular flexibility index (Phi) is 3.43. The maximum absolute atomic E-state index is 11.5. The Morgan fingerprint density at radius 2 is 2.06 bits per heavy atom. The van der Waals surface area contributed by atoms with E-state index in [2.05, 4.69) is 17.0 Å². The van der Waals surface area contributed by atoms with Gasteiger partial charge in [-0.15, -0.1) is 6.58 Å². The number of para-hydroxylation sites is 1. The molecule has 0 saturated heterocycles. The van der Waals surface area contributed by atoms with Crippen molar-refractivity contribution in [3.63, 3.8) is 0 Å². The normalized spacial score (nSPS) is 10.0. The lowest BCUT2D eigenvalue weighted by Gasteiger charge is -2.11. The van der Waals surface area contributed by atoms with Crippen LogP contribution in [0.2, 0.25) is 0 Å². The molecule has 18 heavy (non-hydrogen) atoms. The third-order valence-electron chi connectivity index (χ3n) is 2.45. The van der Waals surface area contributed by atoms with Crippen molar-refractivity contribution >= 4 is 5.69 Å². The Hall–Kier alpha value is -2.56. The number of hydrogen-bond acceptors (Lipinski definition) is 3. The second kappa shape index (κ2) is 5.18. The van der Waals surface area contributed by atoms with E-state index in [1.165, 1.54) is 16.9 Å². The van der Waals surface area contributed by atoms with Gasteiger partial charge in [0.25, 0.3) is 5.56 Å². The minimum atomic E-state index is -0.504. The molecule has 0 fully saturated rings. The predicted molar refractivity (Wildman–Crippen MR) is 70.7 cm³/mol. The van der Waals surface area contributed by atoms with E-state index in [9.17, 15) is 9.59 Å². The summed E-state index contributed by atoms with van der Waals surface area (Å²) in [6, 6.07) is 8.87. The van der Waals surface area contributed by atoms with Crippen molar-refractivity contribution in [3.8, 4) is 0 Å².